The molecule has 1 rings (SSSR count). The van der Waals surface area contributed by atoms with Gasteiger partial charge in [-0.2, -0.15) is 5.10 Å². The molecule has 4 nitrogen and oxygen atoms in total. The van der Waals surface area contributed by atoms with E-state index in [-0.39, 0.29) is 0 Å². The molecule has 0 saturated heterocycles. The first-order chi connectivity index (χ1) is 6.68. The normalized spacial score (nSPS) is 22.1. The van der Waals surface area contributed by atoms with Gasteiger partial charge in [-0.25, -0.2) is 10.2 Å². The largest absolute Gasteiger partial charge is 0.350 e. The number of carbonyl (C=O) groups is 1. The molecule has 0 heterocycles. The number of carbonyl (C=O) groups excluding carboxylic acids is 1. The van der Waals surface area contributed by atoms with E-state index in [1.54, 1.807) is 0 Å². The predicted octanol–water partition coefficient (Wildman–Crippen LogP) is 1.78. The summed E-state index contributed by atoms with van der Waals surface area (Å²) in [4.78, 5) is 10.4. The minimum atomic E-state index is -0.604. The summed E-state index contributed by atoms with van der Waals surface area (Å²) in [6.07, 6.45) is 8.84. The molecule has 0 fully saturated rings. The molecule has 4 heteroatoms. The summed E-state index contributed by atoms with van der Waals surface area (Å²) in [5, 5.41) is 3.89. The molecular formula is C10H17N3O. The lowest BCUT2D eigenvalue weighted by atomic mass is 9.90. The van der Waals surface area contributed by atoms with E-state index in [1.807, 2.05) is 6.92 Å². The molecule has 0 aliphatic heterocycles. The number of nitrogens with one attached hydrogen (secondary N) is 1. The first kappa shape index (κ1) is 10.8. The highest BCUT2D eigenvalue weighted by molar-refractivity contribution is 5.83. The van der Waals surface area contributed by atoms with Gasteiger partial charge in [-0.05, 0) is 38.5 Å². The predicted molar refractivity (Wildman–Crippen MR) is 56.9 cm³/mol. The number of primary amides is 1. The number of hydrazone groups is 1. The summed E-state index contributed by atoms with van der Waals surface area (Å²) in [7, 11) is 0. The summed E-state index contributed by atoms with van der Waals surface area (Å²) in [5.74, 6) is 0.665. The lowest BCUT2D eigenvalue weighted by molar-refractivity contribution is 0.249. The van der Waals surface area contributed by atoms with Crippen LogP contribution in [0.15, 0.2) is 17.3 Å². The molecule has 1 aliphatic carbocycles. The molecule has 3 N–H and O–H groups in total. The van der Waals surface area contributed by atoms with Crippen molar-refractivity contribution in [2.24, 2.45) is 16.8 Å². The molecule has 0 bridgehead atoms. The van der Waals surface area contributed by atoms with Crippen LogP contribution in [0.5, 0.6) is 0 Å². The minimum absolute atomic E-state index is 0.604. The van der Waals surface area contributed by atoms with Crippen LogP contribution in [0.3, 0.4) is 0 Å². The molecule has 14 heavy (non-hydrogen) atoms. The zero-order valence-electron chi connectivity index (χ0n) is 8.49. The van der Waals surface area contributed by atoms with Crippen molar-refractivity contribution in [1.29, 1.82) is 0 Å². The van der Waals surface area contributed by atoms with Crippen LogP contribution in [-0.4, -0.2) is 11.7 Å². The van der Waals surface area contributed by atoms with E-state index in [9.17, 15) is 4.79 Å². The van der Waals surface area contributed by atoms with Crippen molar-refractivity contribution >= 4 is 11.7 Å². The van der Waals surface area contributed by atoms with E-state index in [1.165, 1.54) is 6.42 Å². The standard InChI is InChI=1S/C10H17N3O/c1-8(12-13-10(11)14)7-9-5-3-2-4-6-9/h2-3,9H,4-7H2,1H3,(H3,11,13,14)/b12-8+/t9-/m0/s1. The lowest BCUT2D eigenvalue weighted by Crippen LogP contribution is -2.25. The maximum absolute atomic E-state index is 10.4. The Hall–Kier alpha value is -1.32. The number of hydrogen-bond donors (Lipinski definition) is 2. The Kier molecular flexibility index (Phi) is 4.16. The number of hydrogen-bond acceptors (Lipinski definition) is 2. The number of allylic oxidation sites excluding steroid dienone is 2. The quantitative estimate of drug-likeness (QED) is 0.402. The summed E-state index contributed by atoms with van der Waals surface area (Å²) >= 11 is 0. The van der Waals surface area contributed by atoms with Crippen LogP contribution in [0.25, 0.3) is 0 Å². The molecule has 0 aromatic heterocycles. The third kappa shape index (κ3) is 4.07. The van der Waals surface area contributed by atoms with E-state index in [4.69, 9.17) is 5.73 Å². The van der Waals surface area contributed by atoms with Gasteiger partial charge in [0.2, 0.25) is 0 Å². The van der Waals surface area contributed by atoms with Gasteiger partial charge in [0.1, 0.15) is 0 Å². The Morgan fingerprint density at radius 2 is 2.43 bits per heavy atom. The van der Waals surface area contributed by atoms with E-state index < -0.39 is 6.03 Å². The highest BCUT2D eigenvalue weighted by Crippen LogP contribution is 2.21. The Morgan fingerprint density at radius 3 is 3.00 bits per heavy atom. The van der Waals surface area contributed by atoms with Gasteiger partial charge >= 0.3 is 6.03 Å². The average Bonchev–Trinajstić information content (AvgIpc) is 2.16. The molecule has 0 unspecified atom stereocenters. The fourth-order valence-corrected chi connectivity index (χ4v) is 1.66. The number of nitrogens with two attached hydrogens (primary N) is 1. The van der Waals surface area contributed by atoms with Crippen LogP contribution in [0, 0.1) is 5.92 Å². The Bertz CT molecular complexity index is 258. The zero-order valence-corrected chi connectivity index (χ0v) is 8.49. The second-order valence-corrected chi connectivity index (χ2v) is 3.68. The lowest BCUT2D eigenvalue weighted by Gasteiger charge is -2.16. The third-order valence-electron chi connectivity index (χ3n) is 2.32. The zero-order chi connectivity index (χ0) is 10.4. The van der Waals surface area contributed by atoms with Gasteiger partial charge in [0.25, 0.3) is 0 Å². The van der Waals surface area contributed by atoms with Crippen molar-refractivity contribution in [3.05, 3.63) is 12.2 Å². The Labute approximate surface area is 84.2 Å². The van der Waals surface area contributed by atoms with Crippen LogP contribution in [0.1, 0.15) is 32.6 Å². The van der Waals surface area contributed by atoms with E-state index in [0.29, 0.717) is 5.92 Å². The molecule has 1 atom stereocenters. The van der Waals surface area contributed by atoms with Crippen LogP contribution < -0.4 is 11.2 Å². The fourth-order valence-electron chi connectivity index (χ4n) is 1.66. The molecule has 0 spiro atoms. The molecule has 0 radical (unpaired) electrons. The first-order valence-electron chi connectivity index (χ1n) is 4.92. The molecule has 2 amide bonds. The smallest absolute Gasteiger partial charge is 0.332 e. The van der Waals surface area contributed by atoms with Crippen molar-refractivity contribution in [2.75, 3.05) is 0 Å². The van der Waals surface area contributed by atoms with Gasteiger partial charge in [0.15, 0.2) is 0 Å². The SMILES string of the molecule is C/C(C[C@H]1CC=CCC1)=N\NC(N)=O. The van der Waals surface area contributed by atoms with Gasteiger partial charge in [0.05, 0.1) is 0 Å². The summed E-state index contributed by atoms with van der Waals surface area (Å²) in [6.45, 7) is 1.91. The third-order valence-corrected chi connectivity index (χ3v) is 2.32. The number of urea groups is 1. The number of nitrogens with zero attached hydrogens (tertiary/aromatic N) is 1. The van der Waals surface area contributed by atoms with Crippen LogP contribution in [-0.2, 0) is 0 Å². The van der Waals surface area contributed by atoms with E-state index in [2.05, 4.69) is 22.7 Å². The summed E-state index contributed by atoms with van der Waals surface area (Å²) < 4.78 is 0. The van der Waals surface area contributed by atoms with Gasteiger partial charge in [-0.3, -0.25) is 0 Å². The molecular weight excluding hydrogens is 178 g/mol. The molecule has 0 aromatic rings. The first-order valence-corrected chi connectivity index (χ1v) is 4.92. The molecule has 1 aliphatic rings. The van der Waals surface area contributed by atoms with Gasteiger partial charge in [0, 0.05) is 5.71 Å². The topological polar surface area (TPSA) is 67.5 Å². The molecule has 0 saturated carbocycles. The summed E-state index contributed by atoms with van der Waals surface area (Å²) in [5.41, 5.74) is 8.08. The van der Waals surface area contributed by atoms with Crippen LogP contribution in [0.2, 0.25) is 0 Å². The van der Waals surface area contributed by atoms with Crippen LogP contribution in [0.4, 0.5) is 4.79 Å². The maximum atomic E-state index is 10.4. The van der Waals surface area contributed by atoms with Crippen molar-refractivity contribution in [2.45, 2.75) is 32.6 Å². The highest BCUT2D eigenvalue weighted by Gasteiger charge is 2.10. The van der Waals surface area contributed by atoms with Gasteiger partial charge < -0.3 is 5.73 Å². The van der Waals surface area contributed by atoms with Crippen molar-refractivity contribution in [1.82, 2.24) is 5.43 Å². The average molecular weight is 195 g/mol. The number of rotatable bonds is 3. The second-order valence-electron chi connectivity index (χ2n) is 3.68. The van der Waals surface area contributed by atoms with Gasteiger partial charge in [-0.15, -0.1) is 0 Å². The van der Waals surface area contributed by atoms with Gasteiger partial charge in [-0.1, -0.05) is 12.2 Å². The van der Waals surface area contributed by atoms with E-state index >= 15 is 0 Å². The Morgan fingerprint density at radius 1 is 1.64 bits per heavy atom. The Balaban J connectivity index is 2.31. The van der Waals surface area contributed by atoms with Crippen molar-refractivity contribution in [3.63, 3.8) is 0 Å². The number of amides is 2. The minimum Gasteiger partial charge on any atom is -0.350 e. The van der Waals surface area contributed by atoms with Crippen LogP contribution >= 0.6 is 0 Å². The monoisotopic (exact) mass is 195 g/mol. The maximum Gasteiger partial charge on any atom is 0.332 e. The molecule has 78 valence electrons. The van der Waals surface area contributed by atoms with E-state index in [0.717, 1.165) is 25.0 Å². The second kappa shape index (κ2) is 5.42. The summed E-state index contributed by atoms with van der Waals surface area (Å²) in [6, 6.07) is -0.604. The van der Waals surface area contributed by atoms with Crippen molar-refractivity contribution < 1.29 is 4.79 Å². The highest BCUT2D eigenvalue weighted by atomic mass is 16.2. The fraction of sp³-hybridized carbons (Fsp3) is 0.600. The molecule has 0 aromatic carbocycles. The van der Waals surface area contributed by atoms with Crippen molar-refractivity contribution in [3.8, 4) is 0 Å².